The van der Waals surface area contributed by atoms with Crippen LogP contribution in [0.15, 0.2) is 0 Å². The minimum absolute atomic E-state index is 0.0145. The van der Waals surface area contributed by atoms with Crippen molar-refractivity contribution in [3.8, 4) is 0 Å². The second-order valence-corrected chi connectivity index (χ2v) is 6.65. The fourth-order valence-electron chi connectivity index (χ4n) is 3.63. The summed E-state index contributed by atoms with van der Waals surface area (Å²) in [4.78, 5) is 12.1. The molecular formula is C15H28N2O2. The molecule has 0 aromatic carbocycles. The number of hydrogen-bond acceptors (Lipinski definition) is 3. The van der Waals surface area contributed by atoms with Gasteiger partial charge in [0.2, 0.25) is 5.91 Å². The lowest BCUT2D eigenvalue weighted by molar-refractivity contribution is -0.125. The van der Waals surface area contributed by atoms with Crippen molar-refractivity contribution in [1.82, 2.24) is 5.32 Å². The van der Waals surface area contributed by atoms with E-state index in [0.717, 1.165) is 38.5 Å². The van der Waals surface area contributed by atoms with Gasteiger partial charge in [0.25, 0.3) is 0 Å². The lowest BCUT2D eigenvalue weighted by atomic mass is 9.71. The van der Waals surface area contributed by atoms with E-state index in [2.05, 4.69) is 5.32 Å². The van der Waals surface area contributed by atoms with Gasteiger partial charge in [-0.3, -0.25) is 4.79 Å². The molecule has 4 heteroatoms. The van der Waals surface area contributed by atoms with Crippen LogP contribution in [0.4, 0.5) is 0 Å². The summed E-state index contributed by atoms with van der Waals surface area (Å²) in [6, 6.07) is 0. The van der Waals surface area contributed by atoms with Crippen molar-refractivity contribution < 1.29 is 9.90 Å². The van der Waals surface area contributed by atoms with E-state index in [1.165, 1.54) is 19.3 Å². The number of hydrogen-bond donors (Lipinski definition) is 3. The summed E-state index contributed by atoms with van der Waals surface area (Å²) in [5.41, 5.74) is 5.26. The predicted molar refractivity (Wildman–Crippen MR) is 75.6 cm³/mol. The number of nitrogens with two attached hydrogens (primary N) is 1. The van der Waals surface area contributed by atoms with Crippen LogP contribution in [0, 0.1) is 5.41 Å². The maximum Gasteiger partial charge on any atom is 0.220 e. The summed E-state index contributed by atoms with van der Waals surface area (Å²) >= 11 is 0. The lowest BCUT2D eigenvalue weighted by Crippen LogP contribution is -2.44. The molecule has 0 unspecified atom stereocenters. The van der Waals surface area contributed by atoms with E-state index in [1.807, 2.05) is 0 Å². The quantitative estimate of drug-likeness (QED) is 0.710. The first kappa shape index (κ1) is 14.8. The lowest BCUT2D eigenvalue weighted by Gasteiger charge is -2.36. The number of carbonyl (C=O) groups excluding carboxylic acids is 1. The second kappa shape index (κ2) is 6.23. The van der Waals surface area contributed by atoms with E-state index in [9.17, 15) is 9.90 Å². The standard InChI is InChI=1S/C15H28N2O2/c16-11-14(6-2-1-3-7-14)10-13(18)17-12-15(19)8-4-5-9-15/h19H,1-12,16H2,(H,17,18). The molecule has 1 amide bonds. The van der Waals surface area contributed by atoms with Crippen molar-refractivity contribution in [2.75, 3.05) is 13.1 Å². The Morgan fingerprint density at radius 3 is 2.21 bits per heavy atom. The first-order valence-corrected chi connectivity index (χ1v) is 7.77. The van der Waals surface area contributed by atoms with E-state index < -0.39 is 5.60 Å². The molecule has 0 atom stereocenters. The molecule has 2 aliphatic rings. The molecule has 4 nitrogen and oxygen atoms in total. The monoisotopic (exact) mass is 268 g/mol. The van der Waals surface area contributed by atoms with Gasteiger partial charge in [0, 0.05) is 13.0 Å². The summed E-state index contributed by atoms with van der Waals surface area (Å²) < 4.78 is 0. The highest BCUT2D eigenvalue weighted by atomic mass is 16.3. The topological polar surface area (TPSA) is 75.4 Å². The predicted octanol–water partition coefficient (Wildman–Crippen LogP) is 1.71. The molecule has 0 aromatic rings. The Hall–Kier alpha value is -0.610. The van der Waals surface area contributed by atoms with Crippen LogP contribution in [0.5, 0.6) is 0 Å². The first-order valence-electron chi connectivity index (χ1n) is 7.77. The third kappa shape index (κ3) is 3.93. The van der Waals surface area contributed by atoms with Crippen LogP contribution in [-0.4, -0.2) is 29.7 Å². The molecule has 0 bridgehead atoms. The van der Waals surface area contributed by atoms with E-state index in [1.54, 1.807) is 0 Å². The van der Waals surface area contributed by atoms with Crippen molar-refractivity contribution in [1.29, 1.82) is 0 Å². The Bertz CT molecular complexity index is 305. The van der Waals surface area contributed by atoms with Crippen molar-refractivity contribution in [3.63, 3.8) is 0 Å². The Kier molecular flexibility index (Phi) is 4.85. The molecule has 0 aromatic heterocycles. The number of nitrogens with one attached hydrogen (secondary N) is 1. The van der Waals surface area contributed by atoms with Gasteiger partial charge in [-0.1, -0.05) is 32.1 Å². The third-order valence-electron chi connectivity index (χ3n) is 5.03. The normalized spacial score (nSPS) is 25.2. The average molecular weight is 268 g/mol. The van der Waals surface area contributed by atoms with Gasteiger partial charge in [0.05, 0.1) is 5.60 Å². The van der Waals surface area contributed by atoms with Crippen LogP contribution in [0.25, 0.3) is 0 Å². The zero-order chi connectivity index (χ0) is 13.8. The van der Waals surface area contributed by atoms with Crippen LogP contribution < -0.4 is 11.1 Å². The molecule has 110 valence electrons. The molecular weight excluding hydrogens is 240 g/mol. The first-order chi connectivity index (χ1) is 9.08. The number of rotatable bonds is 5. The van der Waals surface area contributed by atoms with E-state index in [-0.39, 0.29) is 11.3 Å². The van der Waals surface area contributed by atoms with Gasteiger partial charge in [-0.05, 0) is 37.6 Å². The molecule has 2 fully saturated rings. The van der Waals surface area contributed by atoms with Gasteiger partial charge in [-0.15, -0.1) is 0 Å². The highest BCUT2D eigenvalue weighted by Gasteiger charge is 2.35. The van der Waals surface area contributed by atoms with Gasteiger partial charge in [-0.2, -0.15) is 0 Å². The Morgan fingerprint density at radius 1 is 1.05 bits per heavy atom. The van der Waals surface area contributed by atoms with Crippen molar-refractivity contribution in [2.24, 2.45) is 11.1 Å². The average Bonchev–Trinajstić information content (AvgIpc) is 2.85. The maximum atomic E-state index is 12.1. The molecule has 4 N–H and O–H groups in total. The minimum Gasteiger partial charge on any atom is -0.388 e. The highest BCUT2D eigenvalue weighted by Crippen LogP contribution is 2.38. The fourth-order valence-corrected chi connectivity index (χ4v) is 3.63. The van der Waals surface area contributed by atoms with Crippen molar-refractivity contribution >= 4 is 5.91 Å². The van der Waals surface area contributed by atoms with Gasteiger partial charge in [0.1, 0.15) is 0 Å². The Morgan fingerprint density at radius 2 is 1.63 bits per heavy atom. The number of carbonyl (C=O) groups is 1. The van der Waals surface area contributed by atoms with Crippen molar-refractivity contribution in [2.45, 2.75) is 69.8 Å². The summed E-state index contributed by atoms with van der Waals surface area (Å²) in [6.45, 7) is 1.01. The molecule has 2 saturated carbocycles. The van der Waals surface area contributed by atoms with Gasteiger partial charge < -0.3 is 16.2 Å². The van der Waals surface area contributed by atoms with Gasteiger partial charge >= 0.3 is 0 Å². The summed E-state index contributed by atoms with van der Waals surface area (Å²) in [5.74, 6) is 0.0627. The minimum atomic E-state index is -0.655. The molecule has 0 radical (unpaired) electrons. The number of aliphatic hydroxyl groups is 1. The van der Waals surface area contributed by atoms with Crippen LogP contribution in [0.2, 0.25) is 0 Å². The zero-order valence-corrected chi connectivity index (χ0v) is 11.9. The van der Waals surface area contributed by atoms with Gasteiger partial charge in [0.15, 0.2) is 0 Å². The molecule has 2 rings (SSSR count). The molecule has 0 heterocycles. The third-order valence-corrected chi connectivity index (χ3v) is 5.03. The summed E-state index contributed by atoms with van der Waals surface area (Å²) in [7, 11) is 0. The maximum absolute atomic E-state index is 12.1. The summed E-state index contributed by atoms with van der Waals surface area (Å²) in [6.07, 6.45) is 10.1. The Labute approximate surface area is 116 Å². The molecule has 0 spiro atoms. The van der Waals surface area contributed by atoms with Crippen LogP contribution in [0.3, 0.4) is 0 Å². The fraction of sp³-hybridized carbons (Fsp3) is 0.933. The van der Waals surface area contributed by atoms with E-state index in [0.29, 0.717) is 19.5 Å². The molecule has 19 heavy (non-hydrogen) atoms. The SMILES string of the molecule is NCC1(CC(=O)NCC2(O)CCCC2)CCCCC1. The molecule has 0 saturated heterocycles. The second-order valence-electron chi connectivity index (χ2n) is 6.65. The number of amides is 1. The van der Waals surface area contributed by atoms with Gasteiger partial charge in [-0.25, -0.2) is 0 Å². The largest absolute Gasteiger partial charge is 0.388 e. The molecule has 2 aliphatic carbocycles. The highest BCUT2D eigenvalue weighted by molar-refractivity contribution is 5.76. The van der Waals surface area contributed by atoms with Crippen LogP contribution in [-0.2, 0) is 4.79 Å². The van der Waals surface area contributed by atoms with Crippen LogP contribution >= 0.6 is 0 Å². The zero-order valence-electron chi connectivity index (χ0n) is 11.9. The summed E-state index contributed by atoms with van der Waals surface area (Å²) in [5, 5.41) is 13.2. The van der Waals surface area contributed by atoms with Crippen molar-refractivity contribution in [3.05, 3.63) is 0 Å². The molecule has 0 aliphatic heterocycles. The van der Waals surface area contributed by atoms with E-state index in [4.69, 9.17) is 5.73 Å². The smallest absolute Gasteiger partial charge is 0.220 e. The van der Waals surface area contributed by atoms with Crippen LogP contribution in [0.1, 0.15) is 64.2 Å². The Balaban J connectivity index is 1.79. The van der Waals surface area contributed by atoms with E-state index >= 15 is 0 Å².